The Balaban J connectivity index is 2.24. The fraction of sp³-hybridized carbons (Fsp3) is 0.417. The van der Waals surface area contributed by atoms with Crippen molar-refractivity contribution >= 4 is 11.5 Å². The Bertz CT molecular complexity index is 362. The number of fused-ring (bicyclic) bond motifs is 1. The second kappa shape index (κ2) is 4.45. The quantitative estimate of drug-likeness (QED) is 0.812. The smallest absolute Gasteiger partial charge is 0.166 e. The summed E-state index contributed by atoms with van der Waals surface area (Å²) in [6.45, 7) is 1.79. The standard InChI is InChI=1S/C12H15NO2/c14-9-3-7-13-8-6-12(15)10-4-1-2-5-11(10)13/h1-2,4-5,14H,3,6-9H2. The average molecular weight is 205 g/mol. The molecule has 0 aromatic heterocycles. The summed E-state index contributed by atoms with van der Waals surface area (Å²) in [4.78, 5) is 13.8. The summed E-state index contributed by atoms with van der Waals surface area (Å²) in [5.41, 5.74) is 1.84. The molecule has 80 valence electrons. The van der Waals surface area contributed by atoms with E-state index in [-0.39, 0.29) is 12.4 Å². The number of rotatable bonds is 3. The zero-order valence-electron chi connectivity index (χ0n) is 8.65. The van der Waals surface area contributed by atoms with Crippen LogP contribution in [0.2, 0.25) is 0 Å². The van der Waals surface area contributed by atoms with E-state index in [1.54, 1.807) is 0 Å². The van der Waals surface area contributed by atoms with E-state index < -0.39 is 0 Å². The summed E-state index contributed by atoms with van der Waals surface area (Å²) < 4.78 is 0. The number of hydrogen-bond acceptors (Lipinski definition) is 3. The largest absolute Gasteiger partial charge is 0.396 e. The molecule has 1 aromatic rings. The number of para-hydroxylation sites is 1. The number of anilines is 1. The number of carbonyl (C=O) groups excluding carboxylic acids is 1. The maximum absolute atomic E-state index is 11.6. The summed E-state index contributed by atoms with van der Waals surface area (Å²) >= 11 is 0. The monoisotopic (exact) mass is 205 g/mol. The molecule has 1 aliphatic heterocycles. The van der Waals surface area contributed by atoms with Gasteiger partial charge in [0, 0.05) is 37.4 Å². The van der Waals surface area contributed by atoms with Gasteiger partial charge in [-0.25, -0.2) is 0 Å². The van der Waals surface area contributed by atoms with Crippen molar-refractivity contribution in [1.29, 1.82) is 0 Å². The lowest BCUT2D eigenvalue weighted by Crippen LogP contribution is -2.33. The van der Waals surface area contributed by atoms with Crippen LogP contribution in [0.25, 0.3) is 0 Å². The normalized spacial score (nSPS) is 15.3. The lowest BCUT2D eigenvalue weighted by atomic mass is 10.0. The highest BCUT2D eigenvalue weighted by Gasteiger charge is 2.21. The van der Waals surface area contributed by atoms with Gasteiger partial charge in [0.15, 0.2) is 5.78 Å². The molecule has 3 nitrogen and oxygen atoms in total. The first-order valence-corrected chi connectivity index (χ1v) is 5.31. The molecule has 0 unspecified atom stereocenters. The van der Waals surface area contributed by atoms with Crippen LogP contribution in [0.1, 0.15) is 23.2 Å². The Morgan fingerprint density at radius 1 is 1.33 bits per heavy atom. The van der Waals surface area contributed by atoms with Gasteiger partial charge < -0.3 is 10.0 Å². The molecule has 0 aliphatic carbocycles. The molecule has 0 radical (unpaired) electrons. The number of aliphatic hydroxyl groups is 1. The van der Waals surface area contributed by atoms with Crippen molar-refractivity contribution in [2.24, 2.45) is 0 Å². The first kappa shape index (κ1) is 10.2. The van der Waals surface area contributed by atoms with Crippen LogP contribution in [-0.4, -0.2) is 30.6 Å². The van der Waals surface area contributed by atoms with Gasteiger partial charge >= 0.3 is 0 Å². The van der Waals surface area contributed by atoms with Crippen molar-refractivity contribution < 1.29 is 9.90 Å². The number of ketones is 1. The molecule has 0 spiro atoms. The van der Waals surface area contributed by atoms with Crippen LogP contribution in [0.4, 0.5) is 5.69 Å². The summed E-state index contributed by atoms with van der Waals surface area (Å²) in [5.74, 6) is 0.228. The van der Waals surface area contributed by atoms with E-state index in [1.807, 2.05) is 24.3 Å². The summed E-state index contributed by atoms with van der Waals surface area (Å²) in [6, 6.07) is 7.70. The molecule has 1 heterocycles. The SMILES string of the molecule is O=C1CCN(CCCO)c2ccccc21. The van der Waals surface area contributed by atoms with E-state index in [4.69, 9.17) is 5.11 Å². The van der Waals surface area contributed by atoms with Crippen molar-refractivity contribution in [3.8, 4) is 0 Å². The van der Waals surface area contributed by atoms with Crippen LogP contribution in [0.5, 0.6) is 0 Å². The van der Waals surface area contributed by atoms with Crippen molar-refractivity contribution in [1.82, 2.24) is 0 Å². The number of benzene rings is 1. The number of Topliss-reactive ketones (excluding diaryl/α,β-unsaturated/α-hetero) is 1. The molecule has 0 saturated heterocycles. The van der Waals surface area contributed by atoms with Gasteiger partial charge in [-0.3, -0.25) is 4.79 Å². The summed E-state index contributed by atoms with van der Waals surface area (Å²) in [6.07, 6.45) is 1.34. The number of nitrogens with zero attached hydrogens (tertiary/aromatic N) is 1. The average Bonchev–Trinajstić information content (AvgIpc) is 2.29. The summed E-state index contributed by atoms with van der Waals surface area (Å²) in [5, 5.41) is 8.80. The van der Waals surface area contributed by atoms with Crippen molar-refractivity contribution in [2.75, 3.05) is 24.6 Å². The van der Waals surface area contributed by atoms with Gasteiger partial charge in [0.25, 0.3) is 0 Å². The van der Waals surface area contributed by atoms with Crippen molar-refractivity contribution in [3.63, 3.8) is 0 Å². The Kier molecular flexibility index (Phi) is 3.02. The van der Waals surface area contributed by atoms with Gasteiger partial charge in [-0.05, 0) is 18.6 Å². The lowest BCUT2D eigenvalue weighted by Gasteiger charge is -2.30. The number of aliphatic hydroxyl groups excluding tert-OH is 1. The van der Waals surface area contributed by atoms with E-state index in [0.717, 1.165) is 30.8 Å². The molecule has 0 fully saturated rings. The molecule has 15 heavy (non-hydrogen) atoms. The van der Waals surface area contributed by atoms with Crippen LogP contribution in [-0.2, 0) is 0 Å². The highest BCUT2D eigenvalue weighted by Crippen LogP contribution is 2.26. The minimum absolute atomic E-state index is 0.201. The van der Waals surface area contributed by atoms with Crippen LogP contribution in [0, 0.1) is 0 Å². The molecule has 2 rings (SSSR count). The fourth-order valence-electron chi connectivity index (χ4n) is 1.97. The minimum Gasteiger partial charge on any atom is -0.396 e. The van der Waals surface area contributed by atoms with E-state index in [1.165, 1.54) is 0 Å². The zero-order valence-corrected chi connectivity index (χ0v) is 8.65. The highest BCUT2D eigenvalue weighted by atomic mass is 16.3. The lowest BCUT2D eigenvalue weighted by molar-refractivity contribution is 0.0980. The third-order valence-electron chi connectivity index (χ3n) is 2.74. The third kappa shape index (κ3) is 2.02. The first-order valence-electron chi connectivity index (χ1n) is 5.31. The van der Waals surface area contributed by atoms with E-state index in [0.29, 0.717) is 6.42 Å². The molecule has 1 aliphatic rings. The van der Waals surface area contributed by atoms with Gasteiger partial charge in [-0.1, -0.05) is 12.1 Å². The Morgan fingerprint density at radius 3 is 2.93 bits per heavy atom. The van der Waals surface area contributed by atoms with Gasteiger partial charge in [0.1, 0.15) is 0 Å². The number of carbonyl (C=O) groups is 1. The maximum atomic E-state index is 11.6. The van der Waals surface area contributed by atoms with E-state index in [2.05, 4.69) is 4.90 Å². The van der Waals surface area contributed by atoms with Crippen LogP contribution in [0.15, 0.2) is 24.3 Å². The van der Waals surface area contributed by atoms with Crippen molar-refractivity contribution in [3.05, 3.63) is 29.8 Å². The fourth-order valence-corrected chi connectivity index (χ4v) is 1.97. The first-order chi connectivity index (χ1) is 7.33. The Morgan fingerprint density at radius 2 is 2.13 bits per heavy atom. The van der Waals surface area contributed by atoms with Crippen LogP contribution in [0.3, 0.4) is 0 Å². The molecule has 0 saturated carbocycles. The van der Waals surface area contributed by atoms with Gasteiger partial charge in [-0.2, -0.15) is 0 Å². The van der Waals surface area contributed by atoms with E-state index >= 15 is 0 Å². The Hall–Kier alpha value is -1.35. The summed E-state index contributed by atoms with van der Waals surface area (Å²) in [7, 11) is 0. The topological polar surface area (TPSA) is 40.5 Å². The second-order valence-electron chi connectivity index (χ2n) is 3.75. The molecular weight excluding hydrogens is 190 g/mol. The van der Waals surface area contributed by atoms with Crippen LogP contribution < -0.4 is 4.90 Å². The van der Waals surface area contributed by atoms with Gasteiger partial charge in [0.05, 0.1) is 0 Å². The third-order valence-corrected chi connectivity index (χ3v) is 2.74. The minimum atomic E-state index is 0.201. The van der Waals surface area contributed by atoms with Gasteiger partial charge in [-0.15, -0.1) is 0 Å². The zero-order chi connectivity index (χ0) is 10.7. The number of hydrogen-bond donors (Lipinski definition) is 1. The van der Waals surface area contributed by atoms with Crippen LogP contribution >= 0.6 is 0 Å². The molecule has 0 atom stereocenters. The van der Waals surface area contributed by atoms with Gasteiger partial charge in [0.2, 0.25) is 0 Å². The Labute approximate surface area is 89.3 Å². The second-order valence-corrected chi connectivity index (χ2v) is 3.75. The molecule has 1 N–H and O–H groups in total. The van der Waals surface area contributed by atoms with Crippen molar-refractivity contribution in [2.45, 2.75) is 12.8 Å². The highest BCUT2D eigenvalue weighted by molar-refractivity contribution is 6.03. The van der Waals surface area contributed by atoms with E-state index in [9.17, 15) is 4.79 Å². The molecule has 3 heteroatoms. The molecular formula is C12H15NO2. The molecule has 0 amide bonds. The predicted molar refractivity (Wildman–Crippen MR) is 59.3 cm³/mol. The predicted octanol–water partition coefficient (Wildman–Crippen LogP) is 1.46. The molecule has 0 bridgehead atoms. The maximum Gasteiger partial charge on any atom is 0.166 e. The molecule has 1 aromatic carbocycles.